The first-order valence-electron chi connectivity index (χ1n) is 8.09. The molecule has 5 atom stereocenters. The van der Waals surface area contributed by atoms with Gasteiger partial charge in [0.1, 0.15) is 5.75 Å². The Kier molecular flexibility index (Phi) is 3.53. The number of aromatic hydroxyl groups is 1. The number of phenols is 1. The van der Waals surface area contributed by atoms with E-state index in [2.05, 4.69) is 13.0 Å². The second kappa shape index (κ2) is 4.99. The lowest BCUT2D eigenvalue weighted by molar-refractivity contribution is -0.0226. The molecule has 0 radical (unpaired) electrons. The van der Waals surface area contributed by atoms with Crippen LogP contribution in [0.5, 0.6) is 5.75 Å². The number of fused-ring (bicyclic) bond motifs is 5. The Morgan fingerprint density at radius 1 is 1.14 bits per heavy atom. The van der Waals surface area contributed by atoms with Crippen molar-refractivity contribution in [3.8, 4) is 5.75 Å². The maximum absolute atomic E-state index is 10.4. The van der Waals surface area contributed by atoms with E-state index < -0.39 is 0 Å². The van der Waals surface area contributed by atoms with E-state index in [0.717, 1.165) is 25.2 Å². The summed E-state index contributed by atoms with van der Waals surface area (Å²) in [6.45, 7) is 2.32. The summed E-state index contributed by atoms with van der Waals surface area (Å²) in [6.07, 6.45) is 6.78. The van der Waals surface area contributed by atoms with Crippen molar-refractivity contribution in [1.29, 1.82) is 0 Å². The molecule has 3 aliphatic rings. The van der Waals surface area contributed by atoms with Gasteiger partial charge in [-0.05, 0) is 85.0 Å². The second-order valence-corrected chi connectivity index (χ2v) is 7.44. The maximum Gasteiger partial charge on any atom is 0.115 e. The molecule has 3 heteroatoms. The molecule has 2 saturated carbocycles. The molecule has 1 aromatic rings. The topological polar surface area (TPSA) is 72.0 Å². The first kappa shape index (κ1) is 14.9. The van der Waals surface area contributed by atoms with Gasteiger partial charge in [0.2, 0.25) is 0 Å². The summed E-state index contributed by atoms with van der Waals surface area (Å²) in [4.78, 5) is 0. The van der Waals surface area contributed by atoms with Crippen LogP contribution in [0, 0.1) is 17.3 Å². The molecule has 0 aromatic heterocycles. The third-order valence-corrected chi connectivity index (χ3v) is 6.66. The van der Waals surface area contributed by atoms with Crippen molar-refractivity contribution in [3.63, 3.8) is 0 Å². The smallest absolute Gasteiger partial charge is 0.115 e. The van der Waals surface area contributed by atoms with Gasteiger partial charge in [0.05, 0.1) is 6.10 Å². The molecular weight excluding hydrogens is 264 g/mol. The molecule has 0 heterocycles. The van der Waals surface area contributed by atoms with E-state index in [4.69, 9.17) is 0 Å². The van der Waals surface area contributed by atoms with Crippen LogP contribution in [0.2, 0.25) is 0 Å². The molecule has 3 aliphatic carbocycles. The SMILES string of the molecule is C[C@]12CC[C@@H]3c4ccc(O)cc4CC[C@H]3[C@@H]1CC[C@@H]2O.O. The van der Waals surface area contributed by atoms with Crippen LogP contribution in [0.15, 0.2) is 18.2 Å². The van der Waals surface area contributed by atoms with Crippen molar-refractivity contribution < 1.29 is 15.7 Å². The Labute approximate surface area is 126 Å². The zero-order valence-corrected chi connectivity index (χ0v) is 12.7. The zero-order chi connectivity index (χ0) is 13.9. The van der Waals surface area contributed by atoms with Crippen LogP contribution >= 0.6 is 0 Å². The van der Waals surface area contributed by atoms with Crippen LogP contribution in [-0.4, -0.2) is 21.8 Å². The fourth-order valence-electron chi connectivity index (χ4n) is 5.54. The van der Waals surface area contributed by atoms with Gasteiger partial charge in [-0.3, -0.25) is 0 Å². The molecule has 21 heavy (non-hydrogen) atoms. The van der Waals surface area contributed by atoms with Crippen LogP contribution in [0.25, 0.3) is 0 Å². The van der Waals surface area contributed by atoms with Crippen molar-refractivity contribution in [3.05, 3.63) is 29.3 Å². The summed E-state index contributed by atoms with van der Waals surface area (Å²) in [5, 5.41) is 20.0. The van der Waals surface area contributed by atoms with E-state index in [1.165, 1.54) is 30.4 Å². The first-order chi connectivity index (χ1) is 9.59. The first-order valence-corrected chi connectivity index (χ1v) is 8.09. The predicted molar refractivity (Wildman–Crippen MR) is 82.3 cm³/mol. The van der Waals surface area contributed by atoms with Crippen LogP contribution in [0.1, 0.15) is 56.1 Å². The van der Waals surface area contributed by atoms with Gasteiger partial charge < -0.3 is 15.7 Å². The predicted octanol–water partition coefficient (Wildman–Crippen LogP) is 2.78. The third-order valence-electron chi connectivity index (χ3n) is 6.66. The van der Waals surface area contributed by atoms with Crippen molar-refractivity contribution >= 4 is 0 Å². The molecule has 4 N–H and O–H groups in total. The van der Waals surface area contributed by atoms with E-state index in [9.17, 15) is 10.2 Å². The fraction of sp³-hybridized carbons (Fsp3) is 0.667. The minimum absolute atomic E-state index is 0. The Hall–Kier alpha value is -1.06. The number of rotatable bonds is 0. The van der Waals surface area contributed by atoms with Gasteiger partial charge >= 0.3 is 0 Å². The summed E-state index contributed by atoms with van der Waals surface area (Å²) < 4.78 is 0. The number of aliphatic hydroxyl groups excluding tert-OH is 1. The Morgan fingerprint density at radius 2 is 1.95 bits per heavy atom. The maximum atomic E-state index is 10.4. The Bertz CT molecular complexity index is 541. The average Bonchev–Trinajstić information content (AvgIpc) is 2.74. The fourth-order valence-corrected chi connectivity index (χ4v) is 5.54. The lowest BCUT2D eigenvalue weighted by Crippen LogP contribution is -2.43. The van der Waals surface area contributed by atoms with E-state index in [1.54, 1.807) is 0 Å². The molecule has 3 nitrogen and oxygen atoms in total. The Morgan fingerprint density at radius 3 is 2.76 bits per heavy atom. The highest BCUT2D eigenvalue weighted by Gasteiger charge is 2.54. The average molecular weight is 290 g/mol. The summed E-state index contributed by atoms with van der Waals surface area (Å²) in [5.41, 5.74) is 2.99. The van der Waals surface area contributed by atoms with Gasteiger partial charge in [0.15, 0.2) is 0 Å². The van der Waals surface area contributed by atoms with Crippen molar-refractivity contribution in [2.75, 3.05) is 0 Å². The molecule has 116 valence electrons. The van der Waals surface area contributed by atoms with Crippen LogP contribution in [0.4, 0.5) is 0 Å². The molecule has 0 bridgehead atoms. The monoisotopic (exact) mass is 290 g/mol. The largest absolute Gasteiger partial charge is 0.508 e. The minimum atomic E-state index is -0.0883. The molecule has 0 aliphatic heterocycles. The van der Waals surface area contributed by atoms with Gasteiger partial charge in [0, 0.05) is 0 Å². The third kappa shape index (κ3) is 2.01. The Balaban J connectivity index is 0.00000132. The van der Waals surface area contributed by atoms with E-state index in [1.807, 2.05) is 12.1 Å². The second-order valence-electron chi connectivity index (χ2n) is 7.44. The summed E-state index contributed by atoms with van der Waals surface area (Å²) >= 11 is 0. The number of phenolic OH excluding ortho intramolecular Hbond substituents is 1. The summed E-state index contributed by atoms with van der Waals surface area (Å²) in [7, 11) is 0. The number of aryl methyl sites for hydroxylation is 1. The number of hydrogen-bond acceptors (Lipinski definition) is 2. The molecule has 0 unspecified atom stereocenters. The minimum Gasteiger partial charge on any atom is -0.508 e. The van der Waals surface area contributed by atoms with E-state index in [-0.39, 0.29) is 17.0 Å². The highest BCUT2D eigenvalue weighted by Crippen LogP contribution is 2.60. The highest BCUT2D eigenvalue weighted by atomic mass is 16.3. The standard InChI is InChI=1S/C18H24O2.H2O/c1-18-9-8-14-13-5-3-12(19)10-11(13)2-4-15(14)16(18)6-7-17(18)20;/h3,5,10,14-17,19-20H,2,4,6-9H2,1H3;1H2/t14-,15-,16+,17+,18+;/m1./s1. The molecule has 1 aromatic carbocycles. The van der Waals surface area contributed by atoms with Crippen LogP contribution in [0.3, 0.4) is 0 Å². The van der Waals surface area contributed by atoms with Crippen LogP contribution in [-0.2, 0) is 6.42 Å². The quantitative estimate of drug-likeness (QED) is 0.771. The molecule has 0 amide bonds. The van der Waals surface area contributed by atoms with E-state index in [0.29, 0.717) is 17.6 Å². The van der Waals surface area contributed by atoms with Crippen molar-refractivity contribution in [2.24, 2.45) is 17.3 Å². The molecular formula is C18H26O3. The summed E-state index contributed by atoms with van der Waals surface area (Å²) in [6, 6.07) is 5.96. The molecule has 2 fully saturated rings. The number of aliphatic hydroxyl groups is 1. The normalized spacial score (nSPS) is 40.7. The number of benzene rings is 1. The number of hydrogen-bond donors (Lipinski definition) is 2. The molecule has 0 spiro atoms. The van der Waals surface area contributed by atoms with Gasteiger partial charge in [-0.25, -0.2) is 0 Å². The lowest BCUT2D eigenvalue weighted by Gasteiger charge is -2.50. The van der Waals surface area contributed by atoms with Gasteiger partial charge in [0.25, 0.3) is 0 Å². The highest BCUT2D eigenvalue weighted by molar-refractivity contribution is 5.40. The zero-order valence-electron chi connectivity index (χ0n) is 12.7. The summed E-state index contributed by atoms with van der Waals surface area (Å²) in [5.74, 6) is 2.49. The van der Waals surface area contributed by atoms with Gasteiger partial charge in [-0.1, -0.05) is 13.0 Å². The van der Waals surface area contributed by atoms with Gasteiger partial charge in [-0.15, -0.1) is 0 Å². The van der Waals surface area contributed by atoms with Crippen molar-refractivity contribution in [2.45, 2.75) is 57.5 Å². The molecule has 0 saturated heterocycles. The van der Waals surface area contributed by atoms with Gasteiger partial charge in [-0.2, -0.15) is 0 Å². The molecule has 4 rings (SSSR count). The van der Waals surface area contributed by atoms with Crippen molar-refractivity contribution in [1.82, 2.24) is 0 Å². The van der Waals surface area contributed by atoms with E-state index >= 15 is 0 Å². The lowest BCUT2D eigenvalue weighted by atomic mass is 9.55. The van der Waals surface area contributed by atoms with Crippen LogP contribution < -0.4 is 0 Å².